The summed E-state index contributed by atoms with van der Waals surface area (Å²) in [6.07, 6.45) is 1.76. The molecule has 2 amide bonds. The summed E-state index contributed by atoms with van der Waals surface area (Å²) in [5.74, 6) is -0.312. The Balaban J connectivity index is 1.92. The number of nitrogens with zero attached hydrogens (tertiary/aromatic N) is 2. The lowest BCUT2D eigenvalue weighted by atomic mass is 10.0. The van der Waals surface area contributed by atoms with Crippen LogP contribution in [0.1, 0.15) is 48.9 Å². The summed E-state index contributed by atoms with van der Waals surface area (Å²) in [5.41, 5.74) is 4.02. The third-order valence-electron chi connectivity index (χ3n) is 6.96. The van der Waals surface area contributed by atoms with Crippen LogP contribution in [0.4, 0.5) is 5.69 Å². The van der Waals surface area contributed by atoms with Crippen LogP contribution in [0.2, 0.25) is 10.0 Å². The van der Waals surface area contributed by atoms with Gasteiger partial charge >= 0.3 is 0 Å². The van der Waals surface area contributed by atoms with Crippen molar-refractivity contribution in [2.45, 2.75) is 59.5 Å². The van der Waals surface area contributed by atoms with Crippen molar-refractivity contribution in [1.82, 2.24) is 10.2 Å². The Morgan fingerprint density at radius 1 is 0.930 bits per heavy atom. The molecule has 7 nitrogen and oxygen atoms in total. The standard InChI is InChI=1S/C33H41Cl2N3O4S/c1-23(2)21-36-33(40)31(19-26-10-7-6-8-11-26)37(22-27-13-14-28(34)20-30(27)35)32(39)12-9-15-38(43(5,41)42)29-17-24(3)16-25(4)18-29/h6-8,10-11,13-14,16-18,20,23,31H,9,12,15,19,21-22H2,1-5H3,(H,36,40). The number of rotatable bonds is 14. The molecular weight excluding hydrogens is 605 g/mol. The summed E-state index contributed by atoms with van der Waals surface area (Å²) >= 11 is 12.6. The smallest absolute Gasteiger partial charge is 0.243 e. The van der Waals surface area contributed by atoms with E-state index in [-0.39, 0.29) is 43.7 Å². The molecule has 0 heterocycles. The van der Waals surface area contributed by atoms with Crippen LogP contribution in [-0.4, -0.2) is 50.5 Å². The highest BCUT2D eigenvalue weighted by Gasteiger charge is 2.31. The molecule has 1 atom stereocenters. The van der Waals surface area contributed by atoms with E-state index >= 15 is 0 Å². The maximum Gasteiger partial charge on any atom is 0.243 e. The molecule has 232 valence electrons. The van der Waals surface area contributed by atoms with Crippen molar-refractivity contribution in [2.24, 2.45) is 5.92 Å². The highest BCUT2D eigenvalue weighted by atomic mass is 35.5. The van der Waals surface area contributed by atoms with Gasteiger partial charge in [0.1, 0.15) is 6.04 Å². The zero-order valence-corrected chi connectivity index (χ0v) is 27.8. The number of carbonyl (C=O) groups is 2. The number of halogens is 2. The van der Waals surface area contributed by atoms with Crippen molar-refractivity contribution in [3.63, 3.8) is 0 Å². The van der Waals surface area contributed by atoms with Gasteiger partial charge in [-0.05, 0) is 72.7 Å². The maximum atomic E-state index is 14.0. The molecule has 0 aliphatic rings. The zero-order valence-electron chi connectivity index (χ0n) is 25.4. The number of carbonyl (C=O) groups excluding carboxylic acids is 2. The molecule has 3 aromatic carbocycles. The van der Waals surface area contributed by atoms with Gasteiger partial charge in [0.05, 0.1) is 11.9 Å². The van der Waals surface area contributed by atoms with Gasteiger partial charge in [-0.15, -0.1) is 0 Å². The first-order chi connectivity index (χ1) is 20.2. The number of amides is 2. The first kappa shape index (κ1) is 34.4. The number of hydrogen-bond acceptors (Lipinski definition) is 4. The number of benzene rings is 3. The average Bonchev–Trinajstić information content (AvgIpc) is 2.91. The van der Waals surface area contributed by atoms with Gasteiger partial charge < -0.3 is 10.2 Å². The van der Waals surface area contributed by atoms with Crippen molar-refractivity contribution in [3.8, 4) is 0 Å². The largest absolute Gasteiger partial charge is 0.354 e. The second kappa shape index (κ2) is 15.6. The van der Waals surface area contributed by atoms with E-state index in [9.17, 15) is 18.0 Å². The number of nitrogens with one attached hydrogen (secondary N) is 1. The number of anilines is 1. The number of aryl methyl sites for hydroxylation is 2. The van der Waals surface area contributed by atoms with Gasteiger partial charge in [-0.3, -0.25) is 13.9 Å². The van der Waals surface area contributed by atoms with Crippen LogP contribution in [0.15, 0.2) is 66.7 Å². The van der Waals surface area contributed by atoms with Crippen molar-refractivity contribution in [3.05, 3.63) is 99.0 Å². The van der Waals surface area contributed by atoms with Crippen LogP contribution < -0.4 is 9.62 Å². The predicted molar refractivity (Wildman–Crippen MR) is 176 cm³/mol. The molecule has 1 N–H and O–H groups in total. The average molecular weight is 647 g/mol. The lowest BCUT2D eigenvalue weighted by molar-refractivity contribution is -0.141. The van der Waals surface area contributed by atoms with Crippen LogP contribution >= 0.6 is 23.2 Å². The van der Waals surface area contributed by atoms with E-state index in [1.54, 1.807) is 23.1 Å². The molecule has 0 fully saturated rings. The SMILES string of the molecule is Cc1cc(C)cc(N(CCCC(=O)N(Cc2ccc(Cl)cc2Cl)C(Cc2ccccc2)C(=O)NCC(C)C)S(C)(=O)=O)c1. The van der Waals surface area contributed by atoms with Gasteiger partial charge in [-0.1, -0.05) is 79.5 Å². The number of sulfonamides is 1. The fourth-order valence-electron chi connectivity index (χ4n) is 4.91. The van der Waals surface area contributed by atoms with Gasteiger partial charge in [-0.2, -0.15) is 0 Å². The molecule has 3 aromatic rings. The van der Waals surface area contributed by atoms with Crippen molar-refractivity contribution in [1.29, 1.82) is 0 Å². The second-order valence-electron chi connectivity index (χ2n) is 11.4. The summed E-state index contributed by atoms with van der Waals surface area (Å²) in [6, 6.07) is 19.4. The van der Waals surface area contributed by atoms with Crippen LogP contribution in [0, 0.1) is 19.8 Å². The minimum atomic E-state index is -3.60. The quantitative estimate of drug-likeness (QED) is 0.215. The van der Waals surface area contributed by atoms with E-state index in [1.165, 1.54) is 4.31 Å². The van der Waals surface area contributed by atoms with E-state index in [2.05, 4.69) is 5.32 Å². The first-order valence-corrected chi connectivity index (χ1v) is 17.0. The van der Waals surface area contributed by atoms with Crippen molar-refractivity contribution < 1.29 is 18.0 Å². The Bertz CT molecular complexity index is 1490. The zero-order chi connectivity index (χ0) is 31.7. The normalized spacial score (nSPS) is 12.2. The Kier molecular flexibility index (Phi) is 12.5. The fraction of sp³-hybridized carbons (Fsp3) is 0.394. The Labute approximate surface area is 266 Å². The third-order valence-corrected chi connectivity index (χ3v) is 8.74. The molecular formula is C33H41Cl2N3O4S. The summed E-state index contributed by atoms with van der Waals surface area (Å²) in [7, 11) is -3.60. The Morgan fingerprint density at radius 3 is 2.16 bits per heavy atom. The van der Waals surface area contributed by atoms with Gasteiger partial charge in [0.2, 0.25) is 21.8 Å². The van der Waals surface area contributed by atoms with Gasteiger partial charge in [0.15, 0.2) is 0 Å². The van der Waals surface area contributed by atoms with Crippen LogP contribution in [-0.2, 0) is 32.6 Å². The van der Waals surface area contributed by atoms with E-state index in [0.29, 0.717) is 34.3 Å². The molecule has 0 bridgehead atoms. The minimum absolute atomic E-state index is 0.0325. The second-order valence-corrected chi connectivity index (χ2v) is 14.1. The van der Waals surface area contributed by atoms with E-state index < -0.39 is 16.1 Å². The van der Waals surface area contributed by atoms with Crippen LogP contribution in [0.5, 0.6) is 0 Å². The van der Waals surface area contributed by atoms with Crippen molar-refractivity contribution in [2.75, 3.05) is 23.7 Å². The summed E-state index contributed by atoms with van der Waals surface area (Å²) < 4.78 is 26.8. The molecule has 0 aliphatic heterocycles. The van der Waals surface area contributed by atoms with Gasteiger partial charge in [0.25, 0.3) is 0 Å². The van der Waals surface area contributed by atoms with Crippen LogP contribution in [0.3, 0.4) is 0 Å². The highest BCUT2D eigenvalue weighted by Crippen LogP contribution is 2.26. The Hall–Kier alpha value is -3.07. The monoisotopic (exact) mass is 645 g/mol. The molecule has 1 unspecified atom stereocenters. The van der Waals surface area contributed by atoms with Gasteiger partial charge in [-0.25, -0.2) is 8.42 Å². The molecule has 0 spiro atoms. The molecule has 0 aromatic heterocycles. The lowest BCUT2D eigenvalue weighted by Crippen LogP contribution is -2.51. The molecule has 0 saturated carbocycles. The molecule has 0 radical (unpaired) electrons. The summed E-state index contributed by atoms with van der Waals surface area (Å²) in [4.78, 5) is 29.2. The molecule has 43 heavy (non-hydrogen) atoms. The topological polar surface area (TPSA) is 86.8 Å². The first-order valence-electron chi connectivity index (χ1n) is 14.4. The van der Waals surface area contributed by atoms with E-state index in [1.807, 2.05) is 76.2 Å². The minimum Gasteiger partial charge on any atom is -0.354 e. The predicted octanol–water partition coefficient (Wildman–Crippen LogP) is 6.57. The summed E-state index contributed by atoms with van der Waals surface area (Å²) in [5, 5.41) is 3.86. The maximum absolute atomic E-state index is 14.0. The molecule has 0 aliphatic carbocycles. The molecule has 0 saturated heterocycles. The number of hydrogen-bond donors (Lipinski definition) is 1. The van der Waals surface area contributed by atoms with E-state index in [4.69, 9.17) is 23.2 Å². The highest BCUT2D eigenvalue weighted by molar-refractivity contribution is 7.92. The van der Waals surface area contributed by atoms with Crippen LogP contribution in [0.25, 0.3) is 0 Å². The molecule has 3 rings (SSSR count). The Morgan fingerprint density at radius 2 is 1.58 bits per heavy atom. The van der Waals surface area contributed by atoms with Gasteiger partial charge in [0, 0.05) is 42.5 Å². The van der Waals surface area contributed by atoms with E-state index in [0.717, 1.165) is 22.9 Å². The molecule has 10 heteroatoms. The fourth-order valence-corrected chi connectivity index (χ4v) is 6.33. The van der Waals surface area contributed by atoms with Crippen molar-refractivity contribution >= 4 is 50.7 Å². The third kappa shape index (κ3) is 10.6. The lowest BCUT2D eigenvalue weighted by Gasteiger charge is -2.32. The summed E-state index contributed by atoms with van der Waals surface area (Å²) in [6.45, 7) is 8.51.